The first-order chi connectivity index (χ1) is 16.8. The van der Waals surface area contributed by atoms with Crippen molar-refractivity contribution in [2.75, 3.05) is 51.3 Å². The second kappa shape index (κ2) is 9.90. The summed E-state index contributed by atoms with van der Waals surface area (Å²) in [5.41, 5.74) is 1.65. The van der Waals surface area contributed by atoms with Crippen molar-refractivity contribution < 1.29 is 19.1 Å². The molecule has 4 fully saturated rings. The Kier molecular flexibility index (Phi) is 6.86. The lowest BCUT2D eigenvalue weighted by atomic mass is 9.97. The average Bonchev–Trinajstić information content (AvgIpc) is 3.51. The second-order valence-corrected chi connectivity index (χ2v) is 11.2. The minimum absolute atomic E-state index is 0.0133. The van der Waals surface area contributed by atoms with Gasteiger partial charge in [-0.3, -0.25) is 14.4 Å². The number of piperazine rings is 1. The van der Waals surface area contributed by atoms with Gasteiger partial charge in [-0.25, -0.2) is 0 Å². The van der Waals surface area contributed by atoms with Crippen molar-refractivity contribution in [2.45, 2.75) is 51.3 Å². The molecule has 5 rings (SSSR count). The van der Waals surface area contributed by atoms with Gasteiger partial charge >= 0.3 is 0 Å². The number of likely N-dealkylation sites (tertiary alicyclic amines) is 1. The number of ketones is 1. The maximum atomic E-state index is 13.7. The van der Waals surface area contributed by atoms with Gasteiger partial charge in [-0.1, -0.05) is 13.8 Å². The maximum absolute atomic E-state index is 13.7. The zero-order valence-electron chi connectivity index (χ0n) is 21.1. The molecule has 8 nitrogen and oxygen atoms in total. The Labute approximate surface area is 207 Å². The number of nitrogens with one attached hydrogen (secondary N) is 1. The number of likely N-dealkylation sites (N-methyl/N-ethyl adjacent to an activating group) is 1. The molecule has 1 saturated carbocycles. The lowest BCUT2D eigenvalue weighted by Gasteiger charge is -2.34. The predicted molar refractivity (Wildman–Crippen MR) is 133 cm³/mol. The normalized spacial score (nSPS) is 27.9. The molecule has 0 unspecified atom stereocenters. The van der Waals surface area contributed by atoms with Gasteiger partial charge in [0.15, 0.2) is 5.78 Å². The van der Waals surface area contributed by atoms with E-state index in [1.807, 2.05) is 38.1 Å². The zero-order chi connectivity index (χ0) is 24.7. The van der Waals surface area contributed by atoms with Crippen molar-refractivity contribution >= 4 is 23.3 Å². The van der Waals surface area contributed by atoms with Crippen LogP contribution in [0.4, 0.5) is 5.69 Å². The van der Waals surface area contributed by atoms with E-state index in [1.54, 1.807) is 4.90 Å². The molecule has 0 bridgehead atoms. The predicted octanol–water partition coefficient (Wildman–Crippen LogP) is 1.79. The lowest BCUT2D eigenvalue weighted by Crippen LogP contribution is -2.52. The summed E-state index contributed by atoms with van der Waals surface area (Å²) in [5, 5.41) is 3.00. The van der Waals surface area contributed by atoms with E-state index in [-0.39, 0.29) is 42.1 Å². The Morgan fingerprint density at radius 2 is 1.77 bits per heavy atom. The number of anilines is 1. The SMILES string of the molecule is CC(C)C[C@H](NC(=O)c1ccc(N2CCN(C)CC2)cc1)C(=O)N1C[C@@H](C2CC2)[C@H]2OCC(=O)[C@H]21. The number of ether oxygens (including phenoxy) is 1. The molecule has 3 saturated heterocycles. The van der Waals surface area contributed by atoms with Crippen LogP contribution in [0, 0.1) is 17.8 Å². The quantitative estimate of drug-likeness (QED) is 0.638. The number of hydrogen-bond acceptors (Lipinski definition) is 6. The number of nitrogens with zero attached hydrogens (tertiary/aromatic N) is 3. The van der Waals surface area contributed by atoms with Gasteiger partial charge < -0.3 is 24.8 Å². The zero-order valence-corrected chi connectivity index (χ0v) is 21.1. The number of fused-ring (bicyclic) bond motifs is 1. The largest absolute Gasteiger partial charge is 0.369 e. The smallest absolute Gasteiger partial charge is 0.251 e. The first kappa shape index (κ1) is 24.3. The number of hydrogen-bond donors (Lipinski definition) is 1. The Morgan fingerprint density at radius 1 is 1.09 bits per heavy atom. The molecular formula is C27H38N4O4. The van der Waals surface area contributed by atoms with Crippen molar-refractivity contribution in [3.05, 3.63) is 29.8 Å². The molecule has 1 aromatic carbocycles. The lowest BCUT2D eigenvalue weighted by molar-refractivity contribution is -0.138. The molecule has 4 atom stereocenters. The van der Waals surface area contributed by atoms with Crippen LogP contribution in [0.2, 0.25) is 0 Å². The fourth-order valence-corrected chi connectivity index (χ4v) is 5.88. The molecular weight excluding hydrogens is 444 g/mol. The highest BCUT2D eigenvalue weighted by atomic mass is 16.5. The van der Waals surface area contributed by atoms with Crippen LogP contribution in [0.25, 0.3) is 0 Å². The van der Waals surface area contributed by atoms with Crippen molar-refractivity contribution in [1.29, 1.82) is 0 Å². The highest BCUT2D eigenvalue weighted by Gasteiger charge is 2.56. The monoisotopic (exact) mass is 482 g/mol. The molecule has 0 aromatic heterocycles. The molecule has 8 heteroatoms. The minimum atomic E-state index is -0.660. The van der Waals surface area contributed by atoms with E-state index in [4.69, 9.17) is 4.74 Å². The summed E-state index contributed by atoms with van der Waals surface area (Å²) >= 11 is 0. The van der Waals surface area contributed by atoms with E-state index in [2.05, 4.69) is 22.2 Å². The first-order valence-corrected chi connectivity index (χ1v) is 13.1. The third kappa shape index (κ3) is 5.09. The van der Waals surface area contributed by atoms with Crippen molar-refractivity contribution in [3.8, 4) is 0 Å². The maximum Gasteiger partial charge on any atom is 0.251 e. The molecule has 2 amide bonds. The molecule has 1 aromatic rings. The molecule has 1 aliphatic carbocycles. The van der Waals surface area contributed by atoms with Gasteiger partial charge in [0.1, 0.15) is 18.7 Å². The molecule has 1 N–H and O–H groups in total. The topological polar surface area (TPSA) is 82.2 Å². The molecule has 0 radical (unpaired) electrons. The van der Waals surface area contributed by atoms with Crippen molar-refractivity contribution in [3.63, 3.8) is 0 Å². The van der Waals surface area contributed by atoms with E-state index >= 15 is 0 Å². The Balaban J connectivity index is 1.27. The third-order valence-electron chi connectivity index (χ3n) is 8.04. The summed E-state index contributed by atoms with van der Waals surface area (Å²) < 4.78 is 5.82. The number of Topliss-reactive ketones (excluding diaryl/α,β-unsaturated/α-hetero) is 1. The summed E-state index contributed by atoms with van der Waals surface area (Å²) in [6.07, 6.45) is 2.63. The molecule has 0 spiro atoms. The van der Waals surface area contributed by atoms with Crippen LogP contribution in [-0.2, 0) is 14.3 Å². The highest BCUT2D eigenvalue weighted by molar-refractivity contribution is 5.99. The summed E-state index contributed by atoms with van der Waals surface area (Å²) in [7, 11) is 2.13. The summed E-state index contributed by atoms with van der Waals surface area (Å²) in [5.74, 6) is 0.573. The van der Waals surface area contributed by atoms with Crippen LogP contribution in [0.1, 0.15) is 43.5 Å². The van der Waals surface area contributed by atoms with Crippen LogP contribution < -0.4 is 10.2 Å². The molecule has 3 aliphatic heterocycles. The molecule has 4 aliphatic rings. The summed E-state index contributed by atoms with van der Waals surface area (Å²) in [6, 6.07) is 6.49. The van der Waals surface area contributed by atoms with E-state index in [0.717, 1.165) is 44.7 Å². The van der Waals surface area contributed by atoms with E-state index in [9.17, 15) is 14.4 Å². The fourth-order valence-electron chi connectivity index (χ4n) is 5.88. The van der Waals surface area contributed by atoms with Crippen LogP contribution in [-0.4, -0.2) is 92.0 Å². The molecule has 3 heterocycles. The number of carbonyl (C=O) groups excluding carboxylic acids is 3. The third-order valence-corrected chi connectivity index (χ3v) is 8.04. The van der Waals surface area contributed by atoms with Crippen molar-refractivity contribution in [2.24, 2.45) is 17.8 Å². The Bertz CT molecular complexity index is 952. The van der Waals surface area contributed by atoms with Crippen LogP contribution in [0.15, 0.2) is 24.3 Å². The Morgan fingerprint density at radius 3 is 2.40 bits per heavy atom. The van der Waals surface area contributed by atoms with E-state index in [1.165, 1.54) is 0 Å². The average molecular weight is 483 g/mol. The van der Waals surface area contributed by atoms with Crippen molar-refractivity contribution in [1.82, 2.24) is 15.1 Å². The Hall–Kier alpha value is -2.45. The molecule has 35 heavy (non-hydrogen) atoms. The van der Waals surface area contributed by atoms with Gasteiger partial charge in [-0.05, 0) is 62.4 Å². The second-order valence-electron chi connectivity index (χ2n) is 11.2. The van der Waals surface area contributed by atoms with Crippen LogP contribution in [0.3, 0.4) is 0 Å². The number of carbonyl (C=O) groups is 3. The first-order valence-electron chi connectivity index (χ1n) is 13.1. The van der Waals surface area contributed by atoms with Gasteiger partial charge in [-0.2, -0.15) is 0 Å². The summed E-state index contributed by atoms with van der Waals surface area (Å²) in [4.78, 5) is 45.8. The van der Waals surface area contributed by atoms with Gasteiger partial charge in [-0.15, -0.1) is 0 Å². The molecule has 190 valence electrons. The highest BCUT2D eigenvalue weighted by Crippen LogP contribution is 2.46. The van der Waals surface area contributed by atoms with Gasteiger partial charge in [0, 0.05) is 49.9 Å². The van der Waals surface area contributed by atoms with Gasteiger partial charge in [0.25, 0.3) is 5.91 Å². The van der Waals surface area contributed by atoms with E-state index < -0.39 is 12.1 Å². The standard InChI is InChI=1S/C27H38N4O4/c1-17(2)14-22(27(34)31-15-21(18-4-5-18)25-24(31)23(32)16-35-25)28-26(33)19-6-8-20(9-7-19)30-12-10-29(3)11-13-30/h6-9,17-18,21-22,24-25H,4-5,10-16H2,1-3H3,(H,28,33)/t21-,22-,24+,25+/m0/s1. The van der Waals surface area contributed by atoms with E-state index in [0.29, 0.717) is 24.4 Å². The fraction of sp³-hybridized carbons (Fsp3) is 0.667. The number of rotatable bonds is 7. The minimum Gasteiger partial charge on any atom is -0.369 e. The van der Waals surface area contributed by atoms with Gasteiger partial charge in [0.05, 0.1) is 6.10 Å². The van der Waals surface area contributed by atoms with Crippen LogP contribution >= 0.6 is 0 Å². The number of benzene rings is 1. The number of amides is 2. The van der Waals surface area contributed by atoms with Gasteiger partial charge in [0.2, 0.25) is 5.91 Å². The summed E-state index contributed by atoms with van der Waals surface area (Å²) in [6.45, 7) is 8.70. The van der Waals surface area contributed by atoms with Crippen LogP contribution in [0.5, 0.6) is 0 Å².